The smallest absolute Gasteiger partial charge is 0.226 e. The molecule has 1 saturated heterocycles. The van der Waals surface area contributed by atoms with Gasteiger partial charge in [-0.05, 0) is 36.4 Å². The maximum atomic E-state index is 12.9. The summed E-state index contributed by atoms with van der Waals surface area (Å²) in [5.41, 5.74) is 1.07. The van der Waals surface area contributed by atoms with E-state index in [1.165, 1.54) is 24.3 Å². The van der Waals surface area contributed by atoms with Crippen molar-refractivity contribution in [1.82, 2.24) is 4.90 Å². The molecule has 0 saturated carbocycles. The van der Waals surface area contributed by atoms with Crippen LogP contribution in [-0.4, -0.2) is 43.6 Å². The molecular weight excluding hydrogens is 404 g/mol. The summed E-state index contributed by atoms with van der Waals surface area (Å²) >= 11 is 12.3. The second-order valence-corrected chi connectivity index (χ2v) is 7.16. The Hall–Kier alpha value is -2.49. The molecule has 1 amide bonds. The van der Waals surface area contributed by atoms with Gasteiger partial charge in [0.15, 0.2) is 0 Å². The third-order valence-corrected chi connectivity index (χ3v) is 5.00. The van der Waals surface area contributed by atoms with Crippen molar-refractivity contribution in [3.8, 4) is 11.8 Å². The van der Waals surface area contributed by atoms with E-state index in [0.717, 1.165) is 0 Å². The molecule has 1 aliphatic rings. The van der Waals surface area contributed by atoms with Gasteiger partial charge in [0.1, 0.15) is 17.6 Å². The molecular formula is C20H18Cl2FN3O2. The number of piperazine rings is 1. The summed E-state index contributed by atoms with van der Waals surface area (Å²) in [5.74, 6) is 0.187. The number of halogens is 3. The summed E-state index contributed by atoms with van der Waals surface area (Å²) in [6.07, 6.45) is 0.239. The second-order valence-electron chi connectivity index (χ2n) is 6.32. The van der Waals surface area contributed by atoms with Gasteiger partial charge in [-0.2, -0.15) is 5.26 Å². The van der Waals surface area contributed by atoms with Crippen molar-refractivity contribution in [2.75, 3.05) is 37.7 Å². The predicted molar refractivity (Wildman–Crippen MR) is 106 cm³/mol. The average Bonchev–Trinajstić information content (AvgIpc) is 2.69. The Morgan fingerprint density at radius 1 is 1.14 bits per heavy atom. The van der Waals surface area contributed by atoms with Crippen molar-refractivity contribution in [1.29, 1.82) is 5.26 Å². The van der Waals surface area contributed by atoms with E-state index in [9.17, 15) is 14.4 Å². The fourth-order valence-electron chi connectivity index (χ4n) is 3.10. The fourth-order valence-corrected chi connectivity index (χ4v) is 3.71. The summed E-state index contributed by atoms with van der Waals surface area (Å²) in [4.78, 5) is 16.2. The van der Waals surface area contributed by atoms with E-state index in [4.69, 9.17) is 27.9 Å². The molecule has 1 heterocycles. The first-order valence-electron chi connectivity index (χ1n) is 8.78. The number of hydrogen-bond donors (Lipinski definition) is 0. The van der Waals surface area contributed by atoms with Crippen LogP contribution in [0.4, 0.5) is 10.1 Å². The highest BCUT2D eigenvalue weighted by Gasteiger charge is 2.24. The molecule has 2 aromatic carbocycles. The molecule has 1 fully saturated rings. The van der Waals surface area contributed by atoms with Crippen molar-refractivity contribution < 1.29 is 13.9 Å². The summed E-state index contributed by atoms with van der Waals surface area (Å²) < 4.78 is 18.4. The minimum Gasteiger partial charge on any atom is -0.493 e. The Morgan fingerprint density at radius 3 is 2.46 bits per heavy atom. The summed E-state index contributed by atoms with van der Waals surface area (Å²) in [5, 5.41) is 10.2. The number of benzene rings is 2. The molecule has 8 heteroatoms. The Bertz CT molecular complexity index is 892. The van der Waals surface area contributed by atoms with E-state index in [0.29, 0.717) is 53.2 Å². The molecule has 5 nitrogen and oxygen atoms in total. The van der Waals surface area contributed by atoms with Crippen LogP contribution in [0.2, 0.25) is 10.0 Å². The molecule has 1 aliphatic heterocycles. The Balaban J connectivity index is 1.52. The Labute approximate surface area is 172 Å². The van der Waals surface area contributed by atoms with Crippen LogP contribution >= 0.6 is 23.2 Å². The van der Waals surface area contributed by atoms with Crippen LogP contribution in [0.3, 0.4) is 0 Å². The maximum absolute atomic E-state index is 12.9. The number of rotatable bonds is 5. The van der Waals surface area contributed by atoms with Crippen LogP contribution in [0.5, 0.6) is 5.75 Å². The number of nitriles is 1. The molecule has 0 N–H and O–H groups in total. The van der Waals surface area contributed by atoms with Crippen molar-refractivity contribution >= 4 is 34.8 Å². The van der Waals surface area contributed by atoms with Gasteiger partial charge in [-0.15, -0.1) is 0 Å². The normalized spacial score (nSPS) is 13.9. The molecule has 146 valence electrons. The number of hydrogen-bond acceptors (Lipinski definition) is 4. The van der Waals surface area contributed by atoms with Crippen molar-refractivity contribution in [2.24, 2.45) is 0 Å². The molecule has 28 heavy (non-hydrogen) atoms. The van der Waals surface area contributed by atoms with Crippen LogP contribution in [0, 0.1) is 17.1 Å². The summed E-state index contributed by atoms with van der Waals surface area (Å²) in [7, 11) is 0. The average molecular weight is 422 g/mol. The molecule has 3 rings (SSSR count). The first-order valence-corrected chi connectivity index (χ1v) is 9.54. The molecule has 0 spiro atoms. The first kappa shape index (κ1) is 20.2. The molecule has 0 radical (unpaired) electrons. The van der Waals surface area contributed by atoms with E-state index < -0.39 is 0 Å². The summed E-state index contributed by atoms with van der Waals surface area (Å²) in [6.45, 7) is 2.42. The molecule has 0 aromatic heterocycles. The Kier molecular flexibility index (Phi) is 6.61. The molecule has 0 atom stereocenters. The SMILES string of the molecule is N#Cc1cc(Cl)cc(Cl)c1N1CCN(C(=O)CCOc2ccc(F)cc2)CC1. The van der Waals surface area contributed by atoms with Gasteiger partial charge < -0.3 is 14.5 Å². The maximum Gasteiger partial charge on any atom is 0.226 e. The monoisotopic (exact) mass is 421 g/mol. The van der Waals surface area contributed by atoms with Crippen LogP contribution in [0.1, 0.15) is 12.0 Å². The van der Waals surface area contributed by atoms with Gasteiger partial charge in [0.05, 0.1) is 29.3 Å². The lowest BCUT2D eigenvalue weighted by atomic mass is 10.1. The van der Waals surface area contributed by atoms with E-state index in [2.05, 4.69) is 6.07 Å². The standard InChI is InChI=1S/C20H18Cl2FN3O2/c21-15-11-14(13-24)20(18(22)12-15)26-8-6-25(7-9-26)19(27)5-10-28-17-3-1-16(23)2-4-17/h1-4,11-12H,5-10H2. The van der Waals surface area contributed by atoms with E-state index in [1.54, 1.807) is 17.0 Å². The molecule has 0 unspecified atom stereocenters. The quantitative estimate of drug-likeness (QED) is 0.728. The minimum atomic E-state index is -0.332. The second kappa shape index (κ2) is 9.13. The lowest BCUT2D eigenvalue weighted by molar-refractivity contribution is -0.132. The molecule has 0 bridgehead atoms. The number of ether oxygens (including phenoxy) is 1. The van der Waals surface area contributed by atoms with Gasteiger partial charge in [-0.3, -0.25) is 4.79 Å². The zero-order valence-corrected chi connectivity index (χ0v) is 16.5. The highest BCUT2D eigenvalue weighted by Crippen LogP contribution is 2.33. The Morgan fingerprint density at radius 2 is 1.82 bits per heavy atom. The topological polar surface area (TPSA) is 56.6 Å². The zero-order chi connectivity index (χ0) is 20.1. The number of anilines is 1. The van der Waals surface area contributed by atoms with Crippen LogP contribution in [0.25, 0.3) is 0 Å². The van der Waals surface area contributed by atoms with E-state index in [-0.39, 0.29) is 24.8 Å². The molecule has 0 aliphatic carbocycles. The lowest BCUT2D eigenvalue weighted by Gasteiger charge is -2.37. The minimum absolute atomic E-state index is 0.00975. The van der Waals surface area contributed by atoms with Gasteiger partial charge in [0, 0.05) is 31.2 Å². The number of amides is 1. The first-order chi connectivity index (χ1) is 13.5. The van der Waals surface area contributed by atoms with Crippen molar-refractivity contribution in [3.05, 3.63) is 57.8 Å². The highest BCUT2D eigenvalue weighted by molar-refractivity contribution is 6.36. The van der Waals surface area contributed by atoms with Gasteiger partial charge in [-0.25, -0.2) is 4.39 Å². The van der Waals surface area contributed by atoms with Crippen molar-refractivity contribution in [3.63, 3.8) is 0 Å². The van der Waals surface area contributed by atoms with E-state index >= 15 is 0 Å². The predicted octanol–water partition coefficient (Wildman–Crippen LogP) is 4.12. The van der Waals surface area contributed by atoms with Crippen LogP contribution < -0.4 is 9.64 Å². The number of carbonyl (C=O) groups is 1. The van der Waals surface area contributed by atoms with Gasteiger partial charge >= 0.3 is 0 Å². The number of nitrogens with zero attached hydrogens (tertiary/aromatic N) is 3. The van der Waals surface area contributed by atoms with Gasteiger partial charge in [-0.1, -0.05) is 23.2 Å². The molecule has 2 aromatic rings. The van der Waals surface area contributed by atoms with E-state index in [1.807, 2.05) is 4.90 Å². The third-order valence-electron chi connectivity index (χ3n) is 4.50. The number of carbonyl (C=O) groups excluding carboxylic acids is 1. The van der Waals surface area contributed by atoms with Crippen LogP contribution in [0.15, 0.2) is 36.4 Å². The highest BCUT2D eigenvalue weighted by atomic mass is 35.5. The van der Waals surface area contributed by atoms with Gasteiger partial charge in [0.25, 0.3) is 0 Å². The zero-order valence-electron chi connectivity index (χ0n) is 15.0. The lowest BCUT2D eigenvalue weighted by Crippen LogP contribution is -2.49. The largest absolute Gasteiger partial charge is 0.493 e. The van der Waals surface area contributed by atoms with Crippen molar-refractivity contribution in [2.45, 2.75) is 6.42 Å². The fraction of sp³-hybridized carbons (Fsp3) is 0.300. The third kappa shape index (κ3) is 4.86. The summed E-state index contributed by atoms with van der Waals surface area (Å²) in [6, 6.07) is 11.0. The van der Waals surface area contributed by atoms with Crippen LogP contribution in [-0.2, 0) is 4.79 Å². The van der Waals surface area contributed by atoms with Gasteiger partial charge in [0.2, 0.25) is 5.91 Å².